The van der Waals surface area contributed by atoms with Gasteiger partial charge in [-0.2, -0.15) is 0 Å². The number of aliphatic hydroxyl groups excluding tert-OH is 1. The number of unbranched alkanes of at least 4 members (excludes halogenated alkanes) is 2. The monoisotopic (exact) mass is 460 g/mol. The molecule has 0 radical (unpaired) electrons. The molecule has 2 amide bonds. The Hall–Kier alpha value is -2.19. The second-order valence-corrected chi connectivity index (χ2v) is 10.0. The number of nitrogens with zero attached hydrogens (tertiary/aromatic N) is 2. The molecule has 182 valence electrons. The van der Waals surface area contributed by atoms with Crippen molar-refractivity contribution in [2.45, 2.75) is 70.2 Å². The number of aliphatic hydroxyl groups is 1. The maximum Gasteiger partial charge on any atom is 0.313 e. The summed E-state index contributed by atoms with van der Waals surface area (Å²) in [6, 6.07) is -1.45. The third-order valence-electron chi connectivity index (χ3n) is 7.31. The molecule has 4 aliphatic heterocycles. The topological polar surface area (TPSA) is 96.4 Å². The van der Waals surface area contributed by atoms with Crippen LogP contribution in [0.1, 0.15) is 46.5 Å². The zero-order chi connectivity index (χ0) is 23.8. The lowest BCUT2D eigenvalue weighted by Crippen LogP contribution is -2.58. The van der Waals surface area contributed by atoms with Crippen molar-refractivity contribution in [3.05, 3.63) is 24.3 Å². The average molecular weight is 461 g/mol. The summed E-state index contributed by atoms with van der Waals surface area (Å²) in [6.07, 6.45) is 10.1. The Bertz CT molecular complexity index is 839. The number of cyclic esters (lactones) is 1. The van der Waals surface area contributed by atoms with E-state index < -0.39 is 41.6 Å². The van der Waals surface area contributed by atoms with Gasteiger partial charge in [0.1, 0.15) is 24.2 Å². The fourth-order valence-electron chi connectivity index (χ4n) is 5.92. The summed E-state index contributed by atoms with van der Waals surface area (Å²) in [6.45, 7) is 7.07. The van der Waals surface area contributed by atoms with Crippen LogP contribution in [0.5, 0.6) is 0 Å². The van der Waals surface area contributed by atoms with Crippen molar-refractivity contribution in [1.29, 1.82) is 0 Å². The first-order chi connectivity index (χ1) is 15.9. The molecule has 2 saturated heterocycles. The van der Waals surface area contributed by atoms with Gasteiger partial charge in [-0.25, -0.2) is 0 Å². The van der Waals surface area contributed by atoms with Gasteiger partial charge in [0.2, 0.25) is 11.8 Å². The number of likely N-dealkylation sites (tertiary alicyclic amines) is 1. The number of ether oxygens (including phenoxy) is 2. The number of carbonyl (C=O) groups is 3. The van der Waals surface area contributed by atoms with Crippen LogP contribution in [0.2, 0.25) is 0 Å². The highest BCUT2D eigenvalue weighted by atomic mass is 16.6. The van der Waals surface area contributed by atoms with Gasteiger partial charge in [0, 0.05) is 13.1 Å². The molecule has 0 saturated carbocycles. The lowest BCUT2D eigenvalue weighted by Gasteiger charge is -2.39. The predicted molar refractivity (Wildman–Crippen MR) is 121 cm³/mol. The Labute approximate surface area is 195 Å². The molecule has 1 unspecified atom stereocenters. The van der Waals surface area contributed by atoms with Crippen LogP contribution >= 0.6 is 0 Å². The number of rotatable bonds is 8. The fraction of sp³-hybridized carbons (Fsp3) is 0.720. The maximum atomic E-state index is 14.0. The molecule has 8 nitrogen and oxygen atoms in total. The summed E-state index contributed by atoms with van der Waals surface area (Å²) in [7, 11) is 0. The molecule has 1 spiro atoms. The summed E-state index contributed by atoms with van der Waals surface area (Å²) in [5.41, 5.74) is -1.26. The van der Waals surface area contributed by atoms with Crippen LogP contribution in [0, 0.1) is 17.8 Å². The van der Waals surface area contributed by atoms with Crippen LogP contribution in [0.15, 0.2) is 24.3 Å². The van der Waals surface area contributed by atoms with Gasteiger partial charge in [0.05, 0.1) is 24.7 Å². The van der Waals surface area contributed by atoms with E-state index in [1.807, 2.05) is 26.0 Å². The largest absolute Gasteiger partial charge is 0.461 e. The SMILES string of the molecule is CCCCCN1CC=C[C@]23O[C@@H]4C=CCOC(=O)[C@@H]4[C@H]2C(=O)N([C@@H](CO)CC(C)C)C3C1=O. The van der Waals surface area contributed by atoms with E-state index in [4.69, 9.17) is 9.47 Å². The van der Waals surface area contributed by atoms with E-state index in [1.165, 1.54) is 4.90 Å². The Morgan fingerprint density at radius 1 is 1.18 bits per heavy atom. The lowest BCUT2D eigenvalue weighted by molar-refractivity contribution is -0.155. The number of amides is 2. The van der Waals surface area contributed by atoms with Crippen molar-refractivity contribution < 1.29 is 29.0 Å². The molecular weight excluding hydrogens is 424 g/mol. The lowest BCUT2D eigenvalue weighted by atomic mass is 9.78. The first-order valence-corrected chi connectivity index (χ1v) is 12.3. The number of esters is 1. The molecule has 33 heavy (non-hydrogen) atoms. The van der Waals surface area contributed by atoms with Gasteiger partial charge >= 0.3 is 5.97 Å². The van der Waals surface area contributed by atoms with Gasteiger partial charge in [-0.3, -0.25) is 14.4 Å². The van der Waals surface area contributed by atoms with E-state index >= 15 is 0 Å². The Balaban J connectivity index is 1.78. The molecule has 4 rings (SSSR count). The van der Waals surface area contributed by atoms with E-state index in [0.717, 1.165) is 19.3 Å². The predicted octanol–water partition coefficient (Wildman–Crippen LogP) is 1.68. The van der Waals surface area contributed by atoms with E-state index in [1.54, 1.807) is 17.1 Å². The van der Waals surface area contributed by atoms with Gasteiger partial charge in [0.25, 0.3) is 0 Å². The summed E-state index contributed by atoms with van der Waals surface area (Å²) >= 11 is 0. The van der Waals surface area contributed by atoms with E-state index in [0.29, 0.717) is 19.5 Å². The minimum atomic E-state index is -1.26. The standard InChI is InChI=1S/C25H36N2O6/c1-4-5-6-11-26-12-8-10-25-20(19-18(33-25)9-7-13-32-24(19)31)22(29)27(21(25)23(26)30)17(15-28)14-16(2)3/h7-10,16-21,28H,4-6,11-15H2,1-3H3/t17-,18-,19+,20+,21?,25+/m1/s1. The molecule has 0 aliphatic carbocycles. The quantitative estimate of drug-likeness (QED) is 0.336. The van der Waals surface area contributed by atoms with Crippen LogP contribution in [0.3, 0.4) is 0 Å². The molecule has 1 N–H and O–H groups in total. The molecule has 0 aromatic rings. The van der Waals surface area contributed by atoms with Crippen molar-refractivity contribution in [1.82, 2.24) is 9.80 Å². The zero-order valence-electron chi connectivity index (χ0n) is 19.8. The number of hydrogen-bond donors (Lipinski definition) is 1. The zero-order valence-corrected chi connectivity index (χ0v) is 19.8. The average Bonchev–Trinajstić information content (AvgIpc) is 3.09. The summed E-state index contributed by atoms with van der Waals surface area (Å²) < 4.78 is 11.8. The van der Waals surface area contributed by atoms with Crippen LogP contribution < -0.4 is 0 Å². The summed E-state index contributed by atoms with van der Waals surface area (Å²) in [4.78, 5) is 44.2. The summed E-state index contributed by atoms with van der Waals surface area (Å²) in [5, 5.41) is 10.2. The maximum absolute atomic E-state index is 14.0. The van der Waals surface area contributed by atoms with Gasteiger partial charge in [0.15, 0.2) is 0 Å². The van der Waals surface area contributed by atoms with Crippen molar-refractivity contribution in [3.63, 3.8) is 0 Å². The Morgan fingerprint density at radius 3 is 2.67 bits per heavy atom. The molecule has 0 aromatic carbocycles. The number of carbonyl (C=O) groups excluding carboxylic acids is 3. The highest BCUT2D eigenvalue weighted by Crippen LogP contribution is 2.54. The first kappa shape index (κ1) is 24.0. The minimum absolute atomic E-state index is 0.142. The molecule has 0 bridgehead atoms. The van der Waals surface area contributed by atoms with Crippen LogP contribution in [0.25, 0.3) is 0 Å². The van der Waals surface area contributed by atoms with Gasteiger partial charge in [-0.15, -0.1) is 0 Å². The van der Waals surface area contributed by atoms with Crippen molar-refractivity contribution in [2.24, 2.45) is 17.8 Å². The molecule has 2 fully saturated rings. The van der Waals surface area contributed by atoms with Gasteiger partial charge in [-0.1, -0.05) is 51.8 Å². The fourth-order valence-corrected chi connectivity index (χ4v) is 5.92. The van der Waals surface area contributed by atoms with Crippen molar-refractivity contribution in [2.75, 3.05) is 26.3 Å². The van der Waals surface area contributed by atoms with Gasteiger partial charge < -0.3 is 24.4 Å². The Morgan fingerprint density at radius 2 is 1.97 bits per heavy atom. The molecule has 8 heteroatoms. The number of hydrogen-bond acceptors (Lipinski definition) is 6. The normalized spacial score (nSPS) is 34.2. The van der Waals surface area contributed by atoms with Gasteiger partial charge in [-0.05, 0) is 24.8 Å². The smallest absolute Gasteiger partial charge is 0.313 e. The van der Waals surface area contributed by atoms with E-state index in [9.17, 15) is 19.5 Å². The molecule has 6 atom stereocenters. The molecular formula is C25H36N2O6. The number of fused-ring (bicyclic) bond motifs is 2. The second-order valence-electron chi connectivity index (χ2n) is 10.0. The third-order valence-corrected chi connectivity index (χ3v) is 7.31. The second kappa shape index (κ2) is 9.58. The summed E-state index contributed by atoms with van der Waals surface area (Å²) in [5.74, 6) is -2.43. The molecule has 4 aliphatic rings. The minimum Gasteiger partial charge on any atom is -0.461 e. The van der Waals surface area contributed by atoms with Crippen LogP contribution in [0.4, 0.5) is 0 Å². The van der Waals surface area contributed by atoms with Crippen LogP contribution in [-0.2, 0) is 23.9 Å². The highest BCUT2D eigenvalue weighted by Gasteiger charge is 2.72. The first-order valence-electron chi connectivity index (χ1n) is 12.3. The van der Waals surface area contributed by atoms with E-state index in [-0.39, 0.29) is 30.9 Å². The van der Waals surface area contributed by atoms with E-state index in [2.05, 4.69) is 6.92 Å². The van der Waals surface area contributed by atoms with Crippen LogP contribution in [-0.4, -0.2) is 82.8 Å². The molecule has 4 heterocycles. The van der Waals surface area contributed by atoms with Crippen molar-refractivity contribution >= 4 is 17.8 Å². The highest BCUT2D eigenvalue weighted by molar-refractivity contribution is 5.99. The Kier molecular flexibility index (Phi) is 6.96. The van der Waals surface area contributed by atoms with Crippen molar-refractivity contribution in [3.8, 4) is 0 Å². The molecule has 0 aromatic heterocycles. The third kappa shape index (κ3) is 4.01.